The lowest BCUT2D eigenvalue weighted by atomic mass is 10.1. The second-order valence-electron chi connectivity index (χ2n) is 5.65. The van der Waals surface area contributed by atoms with E-state index in [1.807, 2.05) is 0 Å². The Morgan fingerprint density at radius 1 is 0.870 bits per heavy atom. The molecule has 0 aliphatic rings. The Morgan fingerprint density at radius 3 is 1.96 bits per heavy atom. The fraction of sp³-hybridized carbons (Fsp3) is 0.500. The van der Waals surface area contributed by atoms with Gasteiger partial charge in [-0.3, -0.25) is 9.59 Å². The summed E-state index contributed by atoms with van der Waals surface area (Å²) in [6.07, 6.45) is 1.79. The minimum atomic E-state index is -0.472. The van der Waals surface area contributed by atoms with E-state index in [-0.39, 0.29) is 18.3 Å². The summed E-state index contributed by atoms with van der Waals surface area (Å²) < 4.78 is 5.01. The van der Waals surface area contributed by atoms with Crippen LogP contribution in [-0.4, -0.2) is 42.3 Å². The molecule has 0 aliphatic heterocycles. The van der Waals surface area contributed by atoms with Crippen LogP contribution in [0.2, 0.25) is 0 Å². The Morgan fingerprint density at radius 2 is 1.48 bits per heavy atom. The van der Waals surface area contributed by atoms with Gasteiger partial charge in [-0.25, -0.2) is 4.79 Å². The van der Waals surface area contributed by atoms with Crippen molar-refractivity contribution >= 4 is 17.7 Å². The standard InChI is InChI=1S/C18H27NO4/c1-13(2)16(20)9-7-8-10-19(17(21)14(3)4)11-12-23-18(22)15(5)6/h1,3,5,7-12H2,2,4,6H3. The number of allylic oxidation sites excluding steroid dienone is 1. The Labute approximate surface area is 138 Å². The van der Waals surface area contributed by atoms with E-state index < -0.39 is 5.97 Å². The number of nitrogens with zero attached hydrogens (tertiary/aromatic N) is 1. The number of amides is 1. The molecule has 0 aromatic carbocycles. The minimum absolute atomic E-state index is 0.0400. The predicted molar refractivity (Wildman–Crippen MR) is 90.8 cm³/mol. The molecule has 0 N–H and O–H groups in total. The number of rotatable bonds is 11. The summed E-state index contributed by atoms with van der Waals surface area (Å²) >= 11 is 0. The second-order valence-corrected chi connectivity index (χ2v) is 5.65. The number of unbranched alkanes of at least 4 members (excludes halogenated alkanes) is 1. The normalized spacial score (nSPS) is 9.87. The molecule has 0 heterocycles. The fourth-order valence-electron chi connectivity index (χ4n) is 1.76. The molecule has 0 unspecified atom stereocenters. The van der Waals surface area contributed by atoms with Crippen LogP contribution in [0.5, 0.6) is 0 Å². The number of carbonyl (C=O) groups excluding carboxylic acids is 3. The third kappa shape index (κ3) is 8.76. The van der Waals surface area contributed by atoms with E-state index in [0.29, 0.717) is 49.1 Å². The van der Waals surface area contributed by atoms with Gasteiger partial charge in [0.05, 0.1) is 6.54 Å². The zero-order chi connectivity index (χ0) is 18.0. The highest BCUT2D eigenvalue weighted by atomic mass is 16.5. The monoisotopic (exact) mass is 321 g/mol. The SMILES string of the molecule is C=C(C)C(=O)CCCCN(CCOC(=O)C(=C)C)C(=O)C(=C)C. The van der Waals surface area contributed by atoms with Crippen molar-refractivity contribution in [3.63, 3.8) is 0 Å². The molecule has 0 radical (unpaired) electrons. The zero-order valence-electron chi connectivity index (χ0n) is 14.4. The molecule has 5 nitrogen and oxygen atoms in total. The summed E-state index contributed by atoms with van der Waals surface area (Å²) in [5, 5.41) is 0. The molecule has 0 saturated carbocycles. The summed E-state index contributed by atoms with van der Waals surface area (Å²) in [6, 6.07) is 0. The number of esters is 1. The van der Waals surface area contributed by atoms with Crippen molar-refractivity contribution in [3.05, 3.63) is 36.5 Å². The average Bonchev–Trinajstić information content (AvgIpc) is 2.47. The van der Waals surface area contributed by atoms with Crippen LogP contribution in [0.4, 0.5) is 0 Å². The van der Waals surface area contributed by atoms with Gasteiger partial charge < -0.3 is 9.64 Å². The fourth-order valence-corrected chi connectivity index (χ4v) is 1.76. The largest absolute Gasteiger partial charge is 0.460 e. The summed E-state index contributed by atoms with van der Waals surface area (Å²) in [7, 11) is 0. The van der Waals surface area contributed by atoms with Gasteiger partial charge in [-0.2, -0.15) is 0 Å². The van der Waals surface area contributed by atoms with Crippen LogP contribution < -0.4 is 0 Å². The van der Waals surface area contributed by atoms with E-state index in [1.54, 1.807) is 25.7 Å². The van der Waals surface area contributed by atoms with E-state index in [1.165, 1.54) is 0 Å². The smallest absolute Gasteiger partial charge is 0.333 e. The molecule has 1 amide bonds. The van der Waals surface area contributed by atoms with Gasteiger partial charge in [0.25, 0.3) is 0 Å². The van der Waals surface area contributed by atoms with Crippen LogP contribution in [-0.2, 0) is 19.1 Å². The molecular weight excluding hydrogens is 294 g/mol. The third-order valence-corrected chi connectivity index (χ3v) is 3.15. The first-order chi connectivity index (χ1) is 10.7. The molecule has 0 aliphatic carbocycles. The van der Waals surface area contributed by atoms with Crippen molar-refractivity contribution in [2.75, 3.05) is 19.7 Å². The van der Waals surface area contributed by atoms with E-state index in [9.17, 15) is 14.4 Å². The van der Waals surface area contributed by atoms with Gasteiger partial charge in [-0.05, 0) is 39.2 Å². The number of hydrogen-bond donors (Lipinski definition) is 0. The van der Waals surface area contributed by atoms with Gasteiger partial charge in [0, 0.05) is 24.1 Å². The van der Waals surface area contributed by atoms with E-state index in [2.05, 4.69) is 19.7 Å². The Kier molecular flexibility index (Phi) is 9.54. The molecule has 0 bridgehead atoms. The zero-order valence-corrected chi connectivity index (χ0v) is 14.4. The van der Waals surface area contributed by atoms with Crippen molar-refractivity contribution in [1.82, 2.24) is 4.90 Å². The topological polar surface area (TPSA) is 63.7 Å². The van der Waals surface area contributed by atoms with Gasteiger partial charge in [0.2, 0.25) is 5.91 Å². The van der Waals surface area contributed by atoms with Crippen LogP contribution in [0, 0.1) is 0 Å². The van der Waals surface area contributed by atoms with Crippen LogP contribution in [0.25, 0.3) is 0 Å². The molecule has 0 aromatic rings. The first kappa shape index (κ1) is 20.8. The van der Waals surface area contributed by atoms with E-state index >= 15 is 0 Å². The maximum absolute atomic E-state index is 12.1. The lowest BCUT2D eigenvalue weighted by Crippen LogP contribution is -2.35. The first-order valence-electron chi connectivity index (χ1n) is 7.63. The minimum Gasteiger partial charge on any atom is -0.460 e. The van der Waals surface area contributed by atoms with Crippen molar-refractivity contribution in [3.8, 4) is 0 Å². The molecule has 0 aromatic heterocycles. The average molecular weight is 321 g/mol. The van der Waals surface area contributed by atoms with Gasteiger partial charge in [0.1, 0.15) is 6.61 Å². The highest BCUT2D eigenvalue weighted by Crippen LogP contribution is 2.06. The number of hydrogen-bond acceptors (Lipinski definition) is 4. The lowest BCUT2D eigenvalue weighted by Gasteiger charge is -2.22. The molecule has 0 rings (SSSR count). The molecule has 0 fully saturated rings. The molecule has 0 spiro atoms. The van der Waals surface area contributed by atoms with Crippen molar-refractivity contribution < 1.29 is 19.1 Å². The van der Waals surface area contributed by atoms with Crippen LogP contribution in [0.15, 0.2) is 36.5 Å². The van der Waals surface area contributed by atoms with Crippen LogP contribution >= 0.6 is 0 Å². The first-order valence-corrected chi connectivity index (χ1v) is 7.63. The summed E-state index contributed by atoms with van der Waals surface area (Å²) in [5.41, 5.74) is 1.29. The maximum Gasteiger partial charge on any atom is 0.333 e. The summed E-state index contributed by atoms with van der Waals surface area (Å²) in [4.78, 5) is 36.5. The van der Waals surface area contributed by atoms with E-state index in [4.69, 9.17) is 4.74 Å². The summed E-state index contributed by atoms with van der Waals surface area (Å²) in [5.74, 6) is -0.611. The van der Waals surface area contributed by atoms with Crippen LogP contribution in [0.1, 0.15) is 40.0 Å². The Balaban J connectivity index is 4.36. The molecular formula is C18H27NO4. The van der Waals surface area contributed by atoms with Gasteiger partial charge in [-0.1, -0.05) is 19.7 Å². The van der Waals surface area contributed by atoms with Crippen molar-refractivity contribution in [1.29, 1.82) is 0 Å². The number of Topliss-reactive ketones (excluding diaryl/α,β-unsaturated/α-hetero) is 1. The number of carbonyl (C=O) groups is 3. The number of ketones is 1. The second kappa shape index (κ2) is 10.5. The van der Waals surface area contributed by atoms with Gasteiger partial charge in [0.15, 0.2) is 5.78 Å². The maximum atomic E-state index is 12.1. The molecule has 0 saturated heterocycles. The highest BCUT2D eigenvalue weighted by Gasteiger charge is 2.15. The van der Waals surface area contributed by atoms with Gasteiger partial charge >= 0.3 is 5.97 Å². The Bertz CT molecular complexity index is 505. The molecule has 5 heteroatoms. The van der Waals surface area contributed by atoms with Crippen LogP contribution in [0.3, 0.4) is 0 Å². The van der Waals surface area contributed by atoms with E-state index in [0.717, 1.165) is 0 Å². The lowest BCUT2D eigenvalue weighted by molar-refractivity contribution is -0.141. The summed E-state index contributed by atoms with van der Waals surface area (Å²) in [6.45, 7) is 16.5. The third-order valence-electron chi connectivity index (χ3n) is 3.15. The Hall–Kier alpha value is -2.17. The molecule has 128 valence electrons. The predicted octanol–water partition coefficient (Wildman–Crippen LogP) is 2.83. The van der Waals surface area contributed by atoms with Crippen molar-refractivity contribution in [2.24, 2.45) is 0 Å². The van der Waals surface area contributed by atoms with Gasteiger partial charge in [-0.15, -0.1) is 0 Å². The van der Waals surface area contributed by atoms with Crippen molar-refractivity contribution in [2.45, 2.75) is 40.0 Å². The quantitative estimate of drug-likeness (QED) is 0.333. The molecule has 0 atom stereocenters. The number of ether oxygens (including phenoxy) is 1. The highest BCUT2D eigenvalue weighted by molar-refractivity contribution is 5.94. The molecule has 23 heavy (non-hydrogen) atoms.